The molecular weight excluding hydrogens is 478 g/mol. The van der Waals surface area contributed by atoms with E-state index in [1.54, 1.807) is 19.2 Å². The van der Waals surface area contributed by atoms with Crippen LogP contribution in [0.2, 0.25) is 5.02 Å². The lowest BCUT2D eigenvalue weighted by molar-refractivity contribution is -0.113. The van der Waals surface area contributed by atoms with Gasteiger partial charge in [0.15, 0.2) is 5.11 Å². The van der Waals surface area contributed by atoms with Crippen molar-refractivity contribution < 1.29 is 14.3 Å². The smallest absolute Gasteiger partial charge is 0.234 e. The predicted molar refractivity (Wildman–Crippen MR) is 141 cm³/mol. The summed E-state index contributed by atoms with van der Waals surface area (Å²) >= 11 is 13.0. The summed E-state index contributed by atoms with van der Waals surface area (Å²) < 4.78 is 10.6. The average molecular weight is 502 g/mol. The molecule has 3 rings (SSSR count). The van der Waals surface area contributed by atoms with Gasteiger partial charge in [0.05, 0.1) is 31.3 Å². The van der Waals surface area contributed by atoms with E-state index < -0.39 is 0 Å². The molecule has 0 radical (unpaired) electrons. The fourth-order valence-electron chi connectivity index (χ4n) is 2.96. The molecule has 1 amide bonds. The molecule has 0 bridgehead atoms. The highest BCUT2D eigenvalue weighted by molar-refractivity contribution is 8.00. The first-order valence-electron chi connectivity index (χ1n) is 9.97. The van der Waals surface area contributed by atoms with Gasteiger partial charge in [0.25, 0.3) is 0 Å². The van der Waals surface area contributed by atoms with Crippen LogP contribution in [-0.4, -0.2) is 31.0 Å². The number of anilines is 3. The van der Waals surface area contributed by atoms with Crippen molar-refractivity contribution in [3.8, 4) is 11.5 Å². The van der Waals surface area contributed by atoms with Gasteiger partial charge >= 0.3 is 0 Å². The zero-order valence-corrected chi connectivity index (χ0v) is 20.8. The number of ether oxygens (including phenoxy) is 2. The number of para-hydroxylation sites is 2. The largest absolute Gasteiger partial charge is 0.495 e. The maximum Gasteiger partial charge on any atom is 0.234 e. The highest BCUT2D eigenvalue weighted by atomic mass is 35.5. The second kappa shape index (κ2) is 11.8. The van der Waals surface area contributed by atoms with Gasteiger partial charge in [-0.3, -0.25) is 4.79 Å². The molecule has 0 aromatic heterocycles. The number of rotatable bonds is 8. The predicted octanol–water partition coefficient (Wildman–Crippen LogP) is 6.21. The van der Waals surface area contributed by atoms with Crippen LogP contribution in [-0.2, 0) is 4.79 Å². The van der Waals surface area contributed by atoms with E-state index in [1.807, 2.05) is 55.5 Å². The van der Waals surface area contributed by atoms with Crippen molar-refractivity contribution in [1.82, 2.24) is 0 Å². The van der Waals surface area contributed by atoms with E-state index in [0.29, 0.717) is 27.3 Å². The first kappa shape index (κ1) is 24.7. The number of methoxy groups -OCH3 is 2. The summed E-state index contributed by atoms with van der Waals surface area (Å²) in [5.74, 6) is 1.31. The summed E-state index contributed by atoms with van der Waals surface area (Å²) in [6.45, 7) is 1.87. The Balaban J connectivity index is 1.57. The summed E-state index contributed by atoms with van der Waals surface area (Å²) in [4.78, 5) is 13.4. The van der Waals surface area contributed by atoms with Crippen molar-refractivity contribution in [1.29, 1.82) is 0 Å². The third kappa shape index (κ3) is 7.02. The number of carbonyl (C=O) groups is 1. The van der Waals surface area contributed by atoms with E-state index >= 15 is 0 Å². The Kier molecular flexibility index (Phi) is 8.82. The molecule has 0 fully saturated rings. The van der Waals surface area contributed by atoms with Gasteiger partial charge in [-0.25, -0.2) is 0 Å². The minimum Gasteiger partial charge on any atom is -0.495 e. The molecule has 172 valence electrons. The number of benzene rings is 3. The molecule has 0 saturated heterocycles. The number of halogens is 1. The fraction of sp³-hybridized carbons (Fsp3) is 0.167. The molecular formula is C24H24ClN3O3S2. The van der Waals surface area contributed by atoms with E-state index in [9.17, 15) is 4.79 Å². The topological polar surface area (TPSA) is 71.6 Å². The zero-order chi connectivity index (χ0) is 23.8. The van der Waals surface area contributed by atoms with Gasteiger partial charge < -0.3 is 25.4 Å². The molecule has 0 heterocycles. The van der Waals surface area contributed by atoms with Gasteiger partial charge in [-0.05, 0) is 61.1 Å². The Bertz CT molecular complexity index is 1160. The Morgan fingerprint density at radius 2 is 1.70 bits per heavy atom. The lowest BCUT2D eigenvalue weighted by Gasteiger charge is -2.14. The van der Waals surface area contributed by atoms with Crippen molar-refractivity contribution >= 4 is 63.7 Å². The SMILES string of the molecule is COc1cc(Cl)c(C)cc1NC(=O)CSc1cccc(NC(=S)Nc2ccccc2OC)c1. The maximum absolute atomic E-state index is 12.5. The zero-order valence-electron chi connectivity index (χ0n) is 18.4. The Hall–Kier alpha value is -2.94. The van der Waals surface area contributed by atoms with Crippen LogP contribution in [0.1, 0.15) is 5.56 Å². The monoisotopic (exact) mass is 501 g/mol. The van der Waals surface area contributed by atoms with Crippen LogP contribution in [0.4, 0.5) is 17.1 Å². The van der Waals surface area contributed by atoms with Gasteiger partial charge in [-0.1, -0.05) is 29.8 Å². The van der Waals surface area contributed by atoms with Gasteiger partial charge in [-0.15, -0.1) is 11.8 Å². The lowest BCUT2D eigenvalue weighted by atomic mass is 10.2. The van der Waals surface area contributed by atoms with E-state index in [-0.39, 0.29) is 11.7 Å². The molecule has 0 atom stereocenters. The van der Waals surface area contributed by atoms with E-state index in [4.69, 9.17) is 33.3 Å². The lowest BCUT2D eigenvalue weighted by Crippen LogP contribution is -2.19. The number of thioether (sulfide) groups is 1. The van der Waals surface area contributed by atoms with Crippen LogP contribution in [0.5, 0.6) is 11.5 Å². The van der Waals surface area contributed by atoms with Crippen LogP contribution in [0, 0.1) is 6.92 Å². The normalized spacial score (nSPS) is 10.3. The molecule has 3 aromatic rings. The number of aryl methyl sites for hydroxylation is 1. The van der Waals surface area contributed by atoms with Crippen molar-refractivity contribution in [2.45, 2.75) is 11.8 Å². The molecule has 0 aliphatic heterocycles. The van der Waals surface area contributed by atoms with Crippen molar-refractivity contribution in [3.63, 3.8) is 0 Å². The second-order valence-corrected chi connectivity index (χ2v) is 8.81. The van der Waals surface area contributed by atoms with E-state index in [0.717, 1.165) is 21.8 Å². The van der Waals surface area contributed by atoms with Crippen LogP contribution in [0.25, 0.3) is 0 Å². The van der Waals surface area contributed by atoms with E-state index in [1.165, 1.54) is 18.9 Å². The van der Waals surface area contributed by atoms with Gasteiger partial charge in [-0.2, -0.15) is 0 Å². The van der Waals surface area contributed by atoms with Gasteiger partial charge in [0.1, 0.15) is 11.5 Å². The molecule has 33 heavy (non-hydrogen) atoms. The highest BCUT2D eigenvalue weighted by Gasteiger charge is 2.11. The van der Waals surface area contributed by atoms with Crippen LogP contribution in [0.15, 0.2) is 65.6 Å². The van der Waals surface area contributed by atoms with Crippen LogP contribution >= 0.6 is 35.6 Å². The third-order valence-corrected chi connectivity index (χ3v) is 6.18. The number of hydrogen-bond acceptors (Lipinski definition) is 5. The molecule has 6 nitrogen and oxygen atoms in total. The summed E-state index contributed by atoms with van der Waals surface area (Å²) in [5.41, 5.74) is 3.03. The van der Waals surface area contributed by atoms with Crippen LogP contribution in [0.3, 0.4) is 0 Å². The number of nitrogens with one attached hydrogen (secondary N) is 3. The van der Waals surface area contributed by atoms with Crippen molar-refractivity contribution in [2.24, 2.45) is 0 Å². The summed E-state index contributed by atoms with van der Waals surface area (Å²) in [5, 5.41) is 10.2. The Morgan fingerprint density at radius 3 is 2.45 bits per heavy atom. The van der Waals surface area contributed by atoms with Crippen molar-refractivity contribution in [2.75, 3.05) is 35.9 Å². The molecule has 3 N–H and O–H groups in total. The molecule has 9 heteroatoms. The molecule has 0 unspecified atom stereocenters. The minimum atomic E-state index is -0.147. The fourth-order valence-corrected chi connectivity index (χ4v) is 4.10. The van der Waals surface area contributed by atoms with Gasteiger partial charge in [0, 0.05) is 21.7 Å². The summed E-state index contributed by atoms with van der Waals surface area (Å²) in [7, 11) is 3.15. The standard InChI is InChI=1S/C24H24ClN3O3S2/c1-15-11-20(22(31-3)13-18(15)25)27-23(29)14-33-17-8-6-7-16(12-17)26-24(32)28-19-9-4-5-10-21(19)30-2/h4-13H,14H2,1-3H3,(H,27,29)(H2,26,28,32). The van der Waals surface area contributed by atoms with Gasteiger partial charge in [0.2, 0.25) is 5.91 Å². The van der Waals surface area contributed by atoms with Crippen molar-refractivity contribution in [3.05, 3.63) is 71.2 Å². The number of carbonyl (C=O) groups excluding carboxylic acids is 1. The first-order valence-corrected chi connectivity index (χ1v) is 11.7. The Morgan fingerprint density at radius 1 is 0.939 bits per heavy atom. The molecule has 0 aliphatic carbocycles. The average Bonchev–Trinajstić information content (AvgIpc) is 2.80. The van der Waals surface area contributed by atoms with Crippen LogP contribution < -0.4 is 25.4 Å². The first-order chi connectivity index (χ1) is 15.9. The second-order valence-electron chi connectivity index (χ2n) is 6.95. The Labute approximate surface area is 208 Å². The molecule has 0 saturated carbocycles. The number of amides is 1. The quantitative estimate of drug-likeness (QED) is 0.250. The molecule has 3 aromatic carbocycles. The van der Waals surface area contributed by atoms with E-state index in [2.05, 4.69) is 16.0 Å². The minimum absolute atomic E-state index is 0.147. The third-order valence-electron chi connectivity index (χ3n) is 4.57. The summed E-state index contributed by atoms with van der Waals surface area (Å²) in [6, 6.07) is 18.7. The number of thiocarbonyl (C=S) groups is 1. The maximum atomic E-state index is 12.5. The molecule has 0 aliphatic rings. The number of hydrogen-bond donors (Lipinski definition) is 3. The highest BCUT2D eigenvalue weighted by Crippen LogP contribution is 2.31. The molecule has 0 spiro atoms. The summed E-state index contributed by atoms with van der Waals surface area (Å²) in [6.07, 6.45) is 0.